The molecule has 0 aliphatic carbocycles. The average molecular weight is 414 g/mol. The number of carbonyl (C=O) groups is 1. The largest absolute Gasteiger partial charge is 0.349 e. The maximum atomic E-state index is 12.5. The molecular formula is C19H16ClN5O4. The number of fused-ring (bicyclic) bond motifs is 1. The second-order valence-corrected chi connectivity index (χ2v) is 6.56. The number of hydrogen-bond acceptors (Lipinski definition) is 6. The van der Waals surface area contributed by atoms with Crippen LogP contribution in [0.25, 0.3) is 10.9 Å². The third-order valence-corrected chi connectivity index (χ3v) is 4.50. The number of non-ortho nitro benzene ring substituents is 1. The maximum absolute atomic E-state index is 12.5. The summed E-state index contributed by atoms with van der Waals surface area (Å²) in [5.41, 5.74) is 0.382. The summed E-state index contributed by atoms with van der Waals surface area (Å²) < 4.78 is 0. The van der Waals surface area contributed by atoms with Crippen LogP contribution in [-0.2, 0) is 0 Å². The predicted molar refractivity (Wildman–Crippen MR) is 111 cm³/mol. The van der Waals surface area contributed by atoms with Crippen LogP contribution in [0.3, 0.4) is 0 Å². The van der Waals surface area contributed by atoms with Gasteiger partial charge in [-0.3, -0.25) is 24.7 Å². The summed E-state index contributed by atoms with van der Waals surface area (Å²) in [4.78, 5) is 42.4. The van der Waals surface area contributed by atoms with E-state index >= 15 is 0 Å². The zero-order valence-electron chi connectivity index (χ0n) is 15.3. The van der Waals surface area contributed by atoms with E-state index in [9.17, 15) is 19.7 Å². The summed E-state index contributed by atoms with van der Waals surface area (Å²) >= 11 is 6.02. The molecule has 1 amide bonds. The molecule has 10 heteroatoms. The van der Waals surface area contributed by atoms with Crippen LogP contribution >= 0.6 is 11.6 Å². The highest BCUT2D eigenvalue weighted by atomic mass is 35.5. The Bertz CT molecular complexity index is 1210. The number of hydrogen-bond donors (Lipinski definition) is 3. The third-order valence-electron chi connectivity index (χ3n) is 4.08. The second kappa shape index (κ2) is 8.11. The number of carbonyl (C=O) groups excluding carboxylic acids is 1. The monoisotopic (exact) mass is 413 g/mol. The van der Waals surface area contributed by atoms with Crippen molar-refractivity contribution in [1.82, 2.24) is 15.3 Å². The molecule has 3 rings (SSSR count). The van der Waals surface area contributed by atoms with Crippen molar-refractivity contribution in [2.24, 2.45) is 0 Å². The van der Waals surface area contributed by atoms with Gasteiger partial charge in [0.25, 0.3) is 17.2 Å². The van der Waals surface area contributed by atoms with Crippen molar-refractivity contribution in [2.75, 3.05) is 11.9 Å². The smallest absolute Gasteiger partial charge is 0.271 e. The lowest BCUT2D eigenvalue weighted by Gasteiger charge is -2.10. The van der Waals surface area contributed by atoms with E-state index in [1.165, 1.54) is 6.08 Å². The highest BCUT2D eigenvalue weighted by Crippen LogP contribution is 2.25. The minimum absolute atomic E-state index is 0.0362. The van der Waals surface area contributed by atoms with E-state index in [2.05, 4.69) is 27.2 Å². The number of aromatic nitrogens is 2. The fraction of sp³-hybridized carbons (Fsp3) is 0.105. The summed E-state index contributed by atoms with van der Waals surface area (Å²) in [7, 11) is 0. The van der Waals surface area contributed by atoms with Crippen LogP contribution in [0.2, 0.25) is 5.02 Å². The molecule has 2 aromatic carbocycles. The van der Waals surface area contributed by atoms with Gasteiger partial charge in [-0.05, 0) is 30.7 Å². The van der Waals surface area contributed by atoms with Crippen molar-refractivity contribution >= 4 is 45.7 Å². The maximum Gasteiger partial charge on any atom is 0.271 e. The van der Waals surface area contributed by atoms with Crippen molar-refractivity contribution in [1.29, 1.82) is 0 Å². The first-order chi connectivity index (χ1) is 13.8. The van der Waals surface area contributed by atoms with Gasteiger partial charge >= 0.3 is 0 Å². The number of aromatic amines is 1. The quantitative estimate of drug-likeness (QED) is 0.322. The number of nitrogens with zero attached hydrogens (tertiary/aromatic N) is 2. The Morgan fingerprint density at radius 2 is 2.14 bits per heavy atom. The zero-order valence-corrected chi connectivity index (χ0v) is 16.0. The van der Waals surface area contributed by atoms with Crippen LogP contribution in [0, 0.1) is 17.0 Å². The SMILES string of the molecule is C=CCNC(=O)c1cc([N+](=O)[O-])cc2c(=O)[nH]c(Nc3ccc(Cl)c(C)c3)nc12. The van der Waals surface area contributed by atoms with Gasteiger partial charge in [0.15, 0.2) is 0 Å². The number of halogens is 1. The number of amides is 1. The van der Waals surface area contributed by atoms with Crippen LogP contribution in [0.5, 0.6) is 0 Å². The lowest BCUT2D eigenvalue weighted by atomic mass is 10.1. The van der Waals surface area contributed by atoms with Crippen LogP contribution in [0.1, 0.15) is 15.9 Å². The Balaban J connectivity index is 2.15. The molecule has 0 unspecified atom stereocenters. The number of nitro groups is 1. The Morgan fingerprint density at radius 1 is 1.38 bits per heavy atom. The molecule has 3 N–H and O–H groups in total. The van der Waals surface area contributed by atoms with E-state index in [-0.39, 0.29) is 34.6 Å². The lowest BCUT2D eigenvalue weighted by Crippen LogP contribution is -2.24. The summed E-state index contributed by atoms with van der Waals surface area (Å²) in [6.07, 6.45) is 1.47. The molecule has 0 atom stereocenters. The lowest BCUT2D eigenvalue weighted by molar-refractivity contribution is -0.384. The molecule has 0 aliphatic rings. The van der Waals surface area contributed by atoms with E-state index in [0.29, 0.717) is 10.7 Å². The molecule has 9 nitrogen and oxygen atoms in total. The molecular weight excluding hydrogens is 398 g/mol. The molecule has 3 aromatic rings. The number of benzene rings is 2. The van der Waals surface area contributed by atoms with Gasteiger partial charge in [-0.25, -0.2) is 4.98 Å². The molecule has 0 fully saturated rings. The van der Waals surface area contributed by atoms with Gasteiger partial charge in [-0.1, -0.05) is 17.7 Å². The average Bonchev–Trinajstić information content (AvgIpc) is 2.68. The fourth-order valence-electron chi connectivity index (χ4n) is 2.68. The molecule has 0 bridgehead atoms. The van der Waals surface area contributed by atoms with E-state index in [1.807, 2.05) is 6.92 Å². The molecule has 1 heterocycles. The van der Waals surface area contributed by atoms with Crippen molar-refractivity contribution in [3.63, 3.8) is 0 Å². The van der Waals surface area contributed by atoms with Gasteiger partial charge in [0.05, 0.1) is 21.4 Å². The Hall–Kier alpha value is -3.72. The predicted octanol–water partition coefficient (Wildman–Crippen LogP) is 3.45. The molecule has 148 valence electrons. The van der Waals surface area contributed by atoms with Gasteiger partial charge in [-0.15, -0.1) is 6.58 Å². The normalized spacial score (nSPS) is 10.6. The van der Waals surface area contributed by atoms with Gasteiger partial charge in [0.2, 0.25) is 5.95 Å². The number of rotatable bonds is 6. The number of nitrogens with one attached hydrogen (secondary N) is 3. The first-order valence-electron chi connectivity index (χ1n) is 8.45. The Kier molecular flexibility index (Phi) is 5.60. The molecule has 0 aliphatic heterocycles. The molecule has 0 saturated carbocycles. The topological polar surface area (TPSA) is 130 Å². The third kappa shape index (κ3) is 4.25. The number of aryl methyl sites for hydroxylation is 1. The van der Waals surface area contributed by atoms with Crippen LogP contribution in [0.4, 0.5) is 17.3 Å². The van der Waals surface area contributed by atoms with Crippen molar-refractivity contribution < 1.29 is 9.72 Å². The first-order valence-corrected chi connectivity index (χ1v) is 8.82. The van der Waals surface area contributed by atoms with Crippen molar-refractivity contribution in [3.8, 4) is 0 Å². The fourth-order valence-corrected chi connectivity index (χ4v) is 2.80. The summed E-state index contributed by atoms with van der Waals surface area (Å²) in [6, 6.07) is 7.33. The van der Waals surface area contributed by atoms with Gasteiger partial charge < -0.3 is 10.6 Å². The minimum Gasteiger partial charge on any atom is -0.349 e. The summed E-state index contributed by atoms with van der Waals surface area (Å²) in [5.74, 6) is -0.527. The van der Waals surface area contributed by atoms with Crippen LogP contribution < -0.4 is 16.2 Å². The van der Waals surface area contributed by atoms with E-state index in [1.54, 1.807) is 18.2 Å². The second-order valence-electron chi connectivity index (χ2n) is 6.15. The van der Waals surface area contributed by atoms with E-state index < -0.39 is 16.4 Å². The Labute approximate surface area is 169 Å². The highest BCUT2D eigenvalue weighted by Gasteiger charge is 2.20. The van der Waals surface area contributed by atoms with E-state index in [0.717, 1.165) is 17.7 Å². The molecule has 0 radical (unpaired) electrons. The zero-order chi connectivity index (χ0) is 21.1. The van der Waals surface area contributed by atoms with Crippen LogP contribution in [-0.4, -0.2) is 27.3 Å². The molecule has 0 saturated heterocycles. The van der Waals surface area contributed by atoms with Gasteiger partial charge in [-0.2, -0.15) is 0 Å². The molecule has 0 spiro atoms. The number of H-pyrrole nitrogens is 1. The van der Waals surface area contributed by atoms with E-state index in [4.69, 9.17) is 11.6 Å². The van der Waals surface area contributed by atoms with Crippen LogP contribution in [0.15, 0.2) is 47.8 Å². The minimum atomic E-state index is -0.675. The van der Waals surface area contributed by atoms with Crippen molar-refractivity contribution in [3.05, 3.63) is 79.6 Å². The van der Waals surface area contributed by atoms with Crippen molar-refractivity contribution in [2.45, 2.75) is 6.92 Å². The molecule has 29 heavy (non-hydrogen) atoms. The van der Waals surface area contributed by atoms with Gasteiger partial charge in [0, 0.05) is 29.4 Å². The summed E-state index contributed by atoms with van der Waals surface area (Å²) in [5, 5.41) is 17.2. The number of nitro benzene ring substituents is 1. The molecule has 1 aromatic heterocycles. The Morgan fingerprint density at radius 3 is 2.79 bits per heavy atom. The summed E-state index contributed by atoms with van der Waals surface area (Å²) in [6.45, 7) is 5.49. The highest BCUT2D eigenvalue weighted by molar-refractivity contribution is 6.31. The standard InChI is InChI=1S/C19H16ClN5O4/c1-3-6-21-17(26)13-8-12(25(28)29)9-14-16(13)23-19(24-18(14)27)22-11-4-5-15(20)10(2)7-11/h3-5,7-9H,1,6H2,2H3,(H,21,26)(H2,22,23,24,27). The first kappa shape index (κ1) is 20.0. The number of anilines is 2. The van der Waals surface area contributed by atoms with Gasteiger partial charge in [0.1, 0.15) is 0 Å².